The van der Waals surface area contributed by atoms with Gasteiger partial charge in [0.25, 0.3) is 0 Å². The van der Waals surface area contributed by atoms with Gasteiger partial charge >= 0.3 is 0 Å². The molecule has 0 aromatic carbocycles. The average molecular weight is 296 g/mol. The summed E-state index contributed by atoms with van der Waals surface area (Å²) in [7, 11) is 0. The fourth-order valence-electron chi connectivity index (χ4n) is 3.45. The predicted molar refractivity (Wildman–Crippen MR) is 85.2 cm³/mol. The first-order valence-corrected chi connectivity index (χ1v) is 7.68. The standard InChI is InChI=1S/C16H25N3.ClH/c1-13-4-5-15(18-11-13)12-19-9-6-14(7-10-19)16-3-2-8-17-16;/h4-5,11,14,16-17H,2-3,6-10,12H2,1H3;1H. The first-order valence-electron chi connectivity index (χ1n) is 7.68. The summed E-state index contributed by atoms with van der Waals surface area (Å²) >= 11 is 0. The van der Waals surface area contributed by atoms with Crippen molar-refractivity contribution in [3.8, 4) is 0 Å². The van der Waals surface area contributed by atoms with Crippen LogP contribution in [-0.2, 0) is 6.54 Å². The van der Waals surface area contributed by atoms with E-state index < -0.39 is 0 Å². The van der Waals surface area contributed by atoms with E-state index in [1.807, 2.05) is 6.20 Å². The van der Waals surface area contributed by atoms with Crippen molar-refractivity contribution in [1.82, 2.24) is 15.2 Å². The maximum atomic E-state index is 4.51. The van der Waals surface area contributed by atoms with Gasteiger partial charge in [-0.2, -0.15) is 0 Å². The van der Waals surface area contributed by atoms with Crippen LogP contribution in [0, 0.1) is 12.8 Å². The van der Waals surface area contributed by atoms with Crippen LogP contribution in [0.25, 0.3) is 0 Å². The van der Waals surface area contributed by atoms with Crippen molar-refractivity contribution in [2.45, 2.75) is 45.2 Å². The number of rotatable bonds is 3. The third kappa shape index (κ3) is 3.94. The monoisotopic (exact) mass is 295 g/mol. The number of pyridine rings is 1. The Morgan fingerprint density at radius 3 is 2.65 bits per heavy atom. The van der Waals surface area contributed by atoms with E-state index in [0.717, 1.165) is 18.5 Å². The Balaban J connectivity index is 0.00000147. The van der Waals surface area contributed by atoms with Gasteiger partial charge in [0.15, 0.2) is 0 Å². The van der Waals surface area contributed by atoms with E-state index in [0.29, 0.717) is 0 Å². The number of aromatic nitrogens is 1. The van der Waals surface area contributed by atoms with Crippen molar-refractivity contribution in [2.24, 2.45) is 5.92 Å². The highest BCUT2D eigenvalue weighted by Gasteiger charge is 2.28. The van der Waals surface area contributed by atoms with E-state index in [4.69, 9.17) is 0 Å². The molecule has 112 valence electrons. The van der Waals surface area contributed by atoms with Crippen LogP contribution in [0.2, 0.25) is 0 Å². The largest absolute Gasteiger partial charge is 0.314 e. The number of likely N-dealkylation sites (tertiary alicyclic amines) is 1. The molecule has 0 radical (unpaired) electrons. The molecule has 1 aromatic heterocycles. The molecular formula is C16H26ClN3. The molecule has 0 aliphatic carbocycles. The molecule has 3 nitrogen and oxygen atoms in total. The Morgan fingerprint density at radius 1 is 1.25 bits per heavy atom. The van der Waals surface area contributed by atoms with Crippen LogP contribution in [0.1, 0.15) is 36.9 Å². The highest BCUT2D eigenvalue weighted by molar-refractivity contribution is 5.85. The quantitative estimate of drug-likeness (QED) is 0.929. The molecule has 0 spiro atoms. The molecule has 2 saturated heterocycles. The SMILES string of the molecule is Cc1ccc(CN2CCC(C3CCCN3)CC2)nc1.Cl. The summed E-state index contributed by atoms with van der Waals surface area (Å²) in [6.45, 7) is 6.82. The summed E-state index contributed by atoms with van der Waals surface area (Å²) in [6.07, 6.45) is 7.44. The minimum Gasteiger partial charge on any atom is -0.314 e. The molecule has 2 fully saturated rings. The molecule has 0 saturated carbocycles. The van der Waals surface area contributed by atoms with Crippen LogP contribution in [0.4, 0.5) is 0 Å². The lowest BCUT2D eigenvalue weighted by Gasteiger charge is -2.34. The first kappa shape index (κ1) is 15.7. The molecule has 1 atom stereocenters. The predicted octanol–water partition coefficient (Wildman–Crippen LogP) is 2.78. The zero-order chi connectivity index (χ0) is 13.1. The summed E-state index contributed by atoms with van der Waals surface area (Å²) < 4.78 is 0. The molecule has 0 amide bonds. The van der Waals surface area contributed by atoms with Gasteiger partial charge in [0.2, 0.25) is 0 Å². The highest BCUT2D eigenvalue weighted by atomic mass is 35.5. The van der Waals surface area contributed by atoms with Gasteiger partial charge in [-0.3, -0.25) is 9.88 Å². The molecular weight excluding hydrogens is 270 g/mol. The smallest absolute Gasteiger partial charge is 0.0544 e. The molecule has 0 bridgehead atoms. The summed E-state index contributed by atoms with van der Waals surface area (Å²) in [4.78, 5) is 7.07. The van der Waals surface area contributed by atoms with Gasteiger partial charge in [-0.1, -0.05) is 6.07 Å². The second kappa shape index (κ2) is 7.39. The minimum absolute atomic E-state index is 0. The van der Waals surface area contributed by atoms with E-state index in [1.165, 1.54) is 56.6 Å². The normalized spacial score (nSPS) is 24.6. The summed E-state index contributed by atoms with van der Waals surface area (Å²) in [5.74, 6) is 0.907. The zero-order valence-corrected chi connectivity index (χ0v) is 13.2. The molecule has 1 aromatic rings. The zero-order valence-electron chi connectivity index (χ0n) is 12.3. The number of nitrogens with one attached hydrogen (secondary N) is 1. The summed E-state index contributed by atoms with van der Waals surface area (Å²) in [5, 5.41) is 3.67. The summed E-state index contributed by atoms with van der Waals surface area (Å²) in [5.41, 5.74) is 2.46. The average Bonchev–Trinajstić information content (AvgIpc) is 2.96. The lowest BCUT2D eigenvalue weighted by Crippen LogP contribution is -2.40. The molecule has 20 heavy (non-hydrogen) atoms. The Labute approximate surface area is 128 Å². The van der Waals surface area contributed by atoms with E-state index in [1.54, 1.807) is 0 Å². The van der Waals surface area contributed by atoms with Crippen LogP contribution >= 0.6 is 12.4 Å². The van der Waals surface area contributed by atoms with Crippen LogP contribution in [0.5, 0.6) is 0 Å². The van der Waals surface area contributed by atoms with Crippen LogP contribution < -0.4 is 5.32 Å². The first-order chi connectivity index (χ1) is 9.31. The highest BCUT2D eigenvalue weighted by Crippen LogP contribution is 2.26. The van der Waals surface area contributed by atoms with Crippen molar-refractivity contribution < 1.29 is 0 Å². The molecule has 4 heteroatoms. The van der Waals surface area contributed by atoms with Gasteiger partial charge in [0.05, 0.1) is 5.69 Å². The Morgan fingerprint density at radius 2 is 2.05 bits per heavy atom. The van der Waals surface area contributed by atoms with E-state index in [2.05, 4.69) is 34.3 Å². The molecule has 1 N–H and O–H groups in total. The fourth-order valence-corrected chi connectivity index (χ4v) is 3.45. The van der Waals surface area contributed by atoms with Crippen LogP contribution in [-0.4, -0.2) is 35.6 Å². The maximum absolute atomic E-state index is 4.51. The van der Waals surface area contributed by atoms with Crippen LogP contribution in [0.3, 0.4) is 0 Å². The molecule has 2 aliphatic rings. The van der Waals surface area contributed by atoms with Gasteiger partial charge in [-0.05, 0) is 69.8 Å². The number of piperidine rings is 1. The van der Waals surface area contributed by atoms with Gasteiger partial charge in [-0.15, -0.1) is 12.4 Å². The lowest BCUT2D eigenvalue weighted by molar-refractivity contribution is 0.156. The van der Waals surface area contributed by atoms with Gasteiger partial charge in [0, 0.05) is 18.8 Å². The lowest BCUT2D eigenvalue weighted by atomic mass is 9.88. The van der Waals surface area contributed by atoms with E-state index >= 15 is 0 Å². The second-order valence-electron chi connectivity index (χ2n) is 6.14. The topological polar surface area (TPSA) is 28.2 Å². The van der Waals surface area contributed by atoms with Gasteiger partial charge in [0.1, 0.15) is 0 Å². The number of aryl methyl sites for hydroxylation is 1. The third-order valence-corrected chi connectivity index (χ3v) is 4.66. The van der Waals surface area contributed by atoms with Crippen molar-refractivity contribution in [3.05, 3.63) is 29.6 Å². The minimum atomic E-state index is 0. The van der Waals surface area contributed by atoms with Crippen molar-refractivity contribution in [2.75, 3.05) is 19.6 Å². The second-order valence-corrected chi connectivity index (χ2v) is 6.14. The van der Waals surface area contributed by atoms with E-state index in [-0.39, 0.29) is 12.4 Å². The number of halogens is 1. The Bertz CT molecular complexity index is 393. The molecule has 2 aliphatic heterocycles. The van der Waals surface area contributed by atoms with Gasteiger partial charge in [-0.25, -0.2) is 0 Å². The van der Waals surface area contributed by atoms with Crippen LogP contribution in [0.15, 0.2) is 18.3 Å². The third-order valence-electron chi connectivity index (χ3n) is 4.66. The van der Waals surface area contributed by atoms with Crippen molar-refractivity contribution in [3.63, 3.8) is 0 Å². The van der Waals surface area contributed by atoms with Gasteiger partial charge < -0.3 is 5.32 Å². The maximum Gasteiger partial charge on any atom is 0.0544 e. The Hall–Kier alpha value is -0.640. The summed E-state index contributed by atoms with van der Waals surface area (Å²) in [6, 6.07) is 5.14. The Kier molecular flexibility index (Phi) is 5.82. The molecule has 3 rings (SSSR count). The van der Waals surface area contributed by atoms with Crippen molar-refractivity contribution in [1.29, 1.82) is 0 Å². The number of nitrogens with zero attached hydrogens (tertiary/aromatic N) is 2. The molecule has 3 heterocycles. The molecule has 1 unspecified atom stereocenters. The fraction of sp³-hybridized carbons (Fsp3) is 0.688. The van der Waals surface area contributed by atoms with E-state index in [9.17, 15) is 0 Å². The number of hydrogen-bond donors (Lipinski definition) is 1. The number of hydrogen-bond acceptors (Lipinski definition) is 3. The van der Waals surface area contributed by atoms with Crippen molar-refractivity contribution >= 4 is 12.4 Å².